The van der Waals surface area contributed by atoms with Crippen LogP contribution in [-0.4, -0.2) is 47.0 Å². The van der Waals surface area contributed by atoms with Crippen molar-refractivity contribution in [2.24, 2.45) is 0 Å². The predicted octanol–water partition coefficient (Wildman–Crippen LogP) is 5.80. The van der Waals surface area contributed by atoms with Crippen LogP contribution in [0.2, 0.25) is 0 Å². The molecule has 0 aliphatic carbocycles. The highest BCUT2D eigenvalue weighted by Crippen LogP contribution is 2.28. The topological polar surface area (TPSA) is 82.2 Å². The fourth-order valence-electron chi connectivity index (χ4n) is 4.46. The number of piperidine rings is 1. The number of amides is 1. The molecule has 0 unspecified atom stereocenters. The zero-order chi connectivity index (χ0) is 25.8. The maximum Gasteiger partial charge on any atom is 0.247 e. The van der Waals surface area contributed by atoms with Gasteiger partial charge in [-0.3, -0.25) is 4.79 Å². The molecule has 37 heavy (non-hydrogen) atoms. The van der Waals surface area contributed by atoms with E-state index in [9.17, 15) is 9.18 Å². The number of nitrogens with zero attached hydrogens (tertiary/aromatic N) is 3. The van der Waals surface area contributed by atoms with Gasteiger partial charge < -0.3 is 20.9 Å². The number of likely N-dealkylation sites (tertiary alicyclic amines) is 1. The van der Waals surface area contributed by atoms with E-state index in [4.69, 9.17) is 4.98 Å². The molecule has 1 aliphatic rings. The summed E-state index contributed by atoms with van der Waals surface area (Å²) in [6, 6.07) is 14.9. The van der Waals surface area contributed by atoms with E-state index in [1.807, 2.05) is 41.8 Å². The zero-order valence-electron chi connectivity index (χ0n) is 20.6. The summed E-state index contributed by atoms with van der Waals surface area (Å²) in [5.41, 5.74) is 4.48. The number of carbonyl (C=O) groups is 1. The Morgan fingerprint density at radius 3 is 2.78 bits per heavy atom. The first-order valence-electron chi connectivity index (χ1n) is 12.2. The minimum absolute atomic E-state index is 0.258. The van der Waals surface area contributed by atoms with Gasteiger partial charge in [0.2, 0.25) is 11.9 Å². The van der Waals surface area contributed by atoms with Gasteiger partial charge >= 0.3 is 0 Å². The second kappa shape index (κ2) is 11.1. The van der Waals surface area contributed by atoms with E-state index in [-0.39, 0.29) is 17.8 Å². The number of halogens is 1. The van der Waals surface area contributed by atoms with Crippen LogP contribution in [0.25, 0.3) is 10.2 Å². The summed E-state index contributed by atoms with van der Waals surface area (Å²) < 4.78 is 15.9. The van der Waals surface area contributed by atoms with Crippen LogP contribution in [0.1, 0.15) is 24.1 Å². The normalized spacial score (nSPS) is 14.4. The molecule has 3 N–H and O–H groups in total. The fraction of sp³-hybridized carbons (Fsp3) is 0.250. The van der Waals surface area contributed by atoms with Gasteiger partial charge in [-0.2, -0.15) is 0 Å². The van der Waals surface area contributed by atoms with E-state index in [0.717, 1.165) is 47.4 Å². The molecule has 0 saturated carbocycles. The average molecular weight is 517 g/mol. The van der Waals surface area contributed by atoms with Gasteiger partial charge in [-0.1, -0.05) is 18.7 Å². The summed E-state index contributed by atoms with van der Waals surface area (Å²) in [5, 5.41) is 11.3. The van der Waals surface area contributed by atoms with E-state index in [2.05, 4.69) is 39.5 Å². The van der Waals surface area contributed by atoms with Crippen molar-refractivity contribution in [2.75, 3.05) is 36.1 Å². The number of benzene rings is 2. The Hall–Kier alpha value is -3.82. The predicted molar refractivity (Wildman–Crippen MR) is 149 cm³/mol. The molecule has 1 fully saturated rings. The third-order valence-electron chi connectivity index (χ3n) is 6.43. The quantitative estimate of drug-likeness (QED) is 0.257. The second-order valence-electron chi connectivity index (χ2n) is 9.24. The van der Waals surface area contributed by atoms with Crippen LogP contribution in [0, 0.1) is 5.82 Å². The molecule has 0 bridgehead atoms. The lowest BCUT2D eigenvalue weighted by atomic mass is 10.1. The highest BCUT2D eigenvalue weighted by Gasteiger charge is 2.18. The Labute approximate surface area is 219 Å². The SMILES string of the molecule is C=CC(=O)Nc1cccc(Cc2nc(Nc3ccc(NC4CCN(C)CC4)c(F)c3)nc3ccsc23)c1. The van der Waals surface area contributed by atoms with Crippen molar-refractivity contribution in [3.05, 3.63) is 83.6 Å². The molecule has 0 atom stereocenters. The molecular formula is C28H29FN6OS. The van der Waals surface area contributed by atoms with Crippen molar-refractivity contribution < 1.29 is 9.18 Å². The number of aromatic nitrogens is 2. The highest BCUT2D eigenvalue weighted by atomic mass is 32.1. The summed E-state index contributed by atoms with van der Waals surface area (Å²) in [6.07, 6.45) is 3.79. The van der Waals surface area contributed by atoms with E-state index in [0.29, 0.717) is 29.4 Å². The molecule has 7 nitrogen and oxygen atoms in total. The van der Waals surface area contributed by atoms with E-state index in [1.165, 1.54) is 12.1 Å². The van der Waals surface area contributed by atoms with Crippen LogP contribution in [0.15, 0.2) is 66.6 Å². The van der Waals surface area contributed by atoms with Crippen molar-refractivity contribution in [1.29, 1.82) is 0 Å². The molecule has 4 aromatic rings. The first kappa shape index (κ1) is 24.9. The summed E-state index contributed by atoms with van der Waals surface area (Å²) >= 11 is 1.58. The van der Waals surface area contributed by atoms with Gasteiger partial charge in [-0.25, -0.2) is 14.4 Å². The van der Waals surface area contributed by atoms with Gasteiger partial charge in [-0.05, 0) is 86.4 Å². The van der Waals surface area contributed by atoms with Crippen molar-refractivity contribution in [3.63, 3.8) is 0 Å². The smallest absolute Gasteiger partial charge is 0.247 e. The summed E-state index contributed by atoms with van der Waals surface area (Å²) in [7, 11) is 2.11. The molecule has 5 rings (SSSR count). The zero-order valence-corrected chi connectivity index (χ0v) is 21.4. The first-order chi connectivity index (χ1) is 18.0. The fourth-order valence-corrected chi connectivity index (χ4v) is 5.28. The first-order valence-corrected chi connectivity index (χ1v) is 13.1. The van der Waals surface area contributed by atoms with Crippen molar-refractivity contribution in [2.45, 2.75) is 25.3 Å². The summed E-state index contributed by atoms with van der Waals surface area (Å²) in [4.78, 5) is 23.4. The van der Waals surface area contributed by atoms with Gasteiger partial charge in [-0.15, -0.1) is 11.3 Å². The molecule has 190 valence electrons. The van der Waals surface area contributed by atoms with E-state index >= 15 is 0 Å². The maximum absolute atomic E-state index is 14.9. The lowest BCUT2D eigenvalue weighted by Crippen LogP contribution is -2.36. The van der Waals surface area contributed by atoms with Crippen molar-refractivity contribution in [1.82, 2.24) is 14.9 Å². The van der Waals surface area contributed by atoms with Crippen LogP contribution in [0.5, 0.6) is 0 Å². The molecule has 1 amide bonds. The Morgan fingerprint density at radius 2 is 2.00 bits per heavy atom. The highest BCUT2D eigenvalue weighted by molar-refractivity contribution is 7.17. The van der Waals surface area contributed by atoms with Gasteiger partial charge in [0.15, 0.2) is 0 Å². The van der Waals surface area contributed by atoms with Crippen LogP contribution in [0.4, 0.5) is 27.4 Å². The number of thiophene rings is 1. The minimum Gasteiger partial charge on any atom is -0.380 e. The Morgan fingerprint density at radius 1 is 1.16 bits per heavy atom. The molecule has 2 aromatic heterocycles. The van der Waals surface area contributed by atoms with Gasteiger partial charge in [0, 0.05) is 23.8 Å². The summed E-state index contributed by atoms with van der Waals surface area (Å²) in [6.45, 7) is 5.52. The Balaban J connectivity index is 1.33. The van der Waals surface area contributed by atoms with Crippen LogP contribution in [-0.2, 0) is 11.2 Å². The largest absolute Gasteiger partial charge is 0.380 e. The molecule has 9 heteroatoms. The van der Waals surface area contributed by atoms with Crippen molar-refractivity contribution in [3.8, 4) is 0 Å². The number of fused-ring (bicyclic) bond motifs is 1. The van der Waals surface area contributed by atoms with E-state index < -0.39 is 0 Å². The number of nitrogens with one attached hydrogen (secondary N) is 3. The summed E-state index contributed by atoms with van der Waals surface area (Å²) in [5.74, 6) is -0.155. The number of carbonyl (C=O) groups excluding carboxylic acids is 1. The maximum atomic E-state index is 14.9. The van der Waals surface area contributed by atoms with Crippen LogP contribution < -0.4 is 16.0 Å². The second-order valence-corrected chi connectivity index (χ2v) is 10.2. The minimum atomic E-state index is -0.306. The molecule has 2 aromatic carbocycles. The number of hydrogen-bond acceptors (Lipinski definition) is 7. The third-order valence-corrected chi connectivity index (χ3v) is 7.38. The average Bonchev–Trinajstić information content (AvgIpc) is 3.36. The van der Waals surface area contributed by atoms with Crippen molar-refractivity contribution >= 4 is 50.5 Å². The van der Waals surface area contributed by atoms with E-state index in [1.54, 1.807) is 17.4 Å². The molecular weight excluding hydrogens is 487 g/mol. The van der Waals surface area contributed by atoms with Crippen LogP contribution >= 0.6 is 11.3 Å². The molecule has 3 heterocycles. The lowest BCUT2D eigenvalue weighted by Gasteiger charge is -2.30. The Kier molecular flexibility index (Phi) is 7.43. The van der Waals surface area contributed by atoms with Gasteiger partial charge in [0.1, 0.15) is 5.82 Å². The third kappa shape index (κ3) is 6.12. The number of hydrogen-bond donors (Lipinski definition) is 3. The molecule has 0 spiro atoms. The number of anilines is 4. The van der Waals surface area contributed by atoms with Crippen LogP contribution in [0.3, 0.4) is 0 Å². The molecule has 0 radical (unpaired) electrons. The number of rotatable bonds is 8. The molecule has 1 aliphatic heterocycles. The van der Waals surface area contributed by atoms with Gasteiger partial charge in [0.25, 0.3) is 0 Å². The Bertz CT molecular complexity index is 1430. The van der Waals surface area contributed by atoms with Gasteiger partial charge in [0.05, 0.1) is 21.6 Å². The molecule has 1 saturated heterocycles. The standard InChI is InChI=1S/C28H29FN6OS/c1-3-26(36)31-20-6-4-5-18(15-20)16-25-27-24(11-14-37-27)33-28(34-25)32-21-7-8-23(22(29)17-21)30-19-9-12-35(2)13-10-19/h3-8,11,14-15,17,19,30H,1,9-10,12-13,16H2,2H3,(H,31,36)(H,32,33,34). The lowest BCUT2D eigenvalue weighted by molar-refractivity contribution is -0.111. The monoisotopic (exact) mass is 516 g/mol.